The van der Waals surface area contributed by atoms with Gasteiger partial charge in [-0.3, -0.25) is 4.98 Å². The molecule has 0 amide bonds. The number of nitrogens with two attached hydrogens (primary N) is 1. The van der Waals surface area contributed by atoms with E-state index < -0.39 is 0 Å². The maximum atomic E-state index is 8.88. The summed E-state index contributed by atoms with van der Waals surface area (Å²) in [4.78, 5) is 4.25. The SMILES string of the molecule is Nc1cccc(-c2ccc(CO)cn2)c1. The van der Waals surface area contributed by atoms with Gasteiger partial charge in [0.2, 0.25) is 0 Å². The molecule has 1 heterocycles. The molecule has 3 N–H and O–H groups in total. The van der Waals surface area contributed by atoms with Crippen molar-refractivity contribution in [2.24, 2.45) is 0 Å². The molecule has 0 unspecified atom stereocenters. The quantitative estimate of drug-likeness (QED) is 0.727. The molecule has 76 valence electrons. The number of nitrogens with zero attached hydrogens (tertiary/aromatic N) is 1. The van der Waals surface area contributed by atoms with Crippen LogP contribution in [0.5, 0.6) is 0 Å². The number of nitrogen functional groups attached to an aromatic ring is 1. The van der Waals surface area contributed by atoms with E-state index in [0.717, 1.165) is 22.5 Å². The number of aromatic nitrogens is 1. The molecule has 0 bridgehead atoms. The second-order valence-electron chi connectivity index (χ2n) is 3.34. The van der Waals surface area contributed by atoms with Crippen molar-refractivity contribution in [1.29, 1.82) is 0 Å². The van der Waals surface area contributed by atoms with Crippen LogP contribution in [0.3, 0.4) is 0 Å². The summed E-state index contributed by atoms with van der Waals surface area (Å²) >= 11 is 0. The largest absolute Gasteiger partial charge is 0.399 e. The highest BCUT2D eigenvalue weighted by Gasteiger charge is 1.99. The van der Waals surface area contributed by atoms with Gasteiger partial charge < -0.3 is 10.8 Å². The van der Waals surface area contributed by atoms with E-state index >= 15 is 0 Å². The van der Waals surface area contributed by atoms with Gasteiger partial charge in [-0.25, -0.2) is 0 Å². The fourth-order valence-electron chi connectivity index (χ4n) is 1.39. The smallest absolute Gasteiger partial charge is 0.0702 e. The van der Waals surface area contributed by atoms with Crippen molar-refractivity contribution in [3.05, 3.63) is 48.2 Å². The van der Waals surface area contributed by atoms with Crippen molar-refractivity contribution < 1.29 is 5.11 Å². The molecule has 1 aromatic carbocycles. The molecule has 0 radical (unpaired) electrons. The molecule has 0 aliphatic carbocycles. The predicted octanol–water partition coefficient (Wildman–Crippen LogP) is 1.82. The van der Waals surface area contributed by atoms with Crippen molar-refractivity contribution in [2.75, 3.05) is 5.73 Å². The maximum Gasteiger partial charge on any atom is 0.0702 e. The third-order valence-corrected chi connectivity index (χ3v) is 2.19. The number of rotatable bonds is 2. The Balaban J connectivity index is 2.37. The highest BCUT2D eigenvalue weighted by molar-refractivity contribution is 5.63. The number of benzene rings is 1. The lowest BCUT2D eigenvalue weighted by atomic mass is 10.1. The van der Waals surface area contributed by atoms with Gasteiger partial charge in [0.15, 0.2) is 0 Å². The van der Waals surface area contributed by atoms with E-state index in [1.165, 1.54) is 0 Å². The zero-order chi connectivity index (χ0) is 10.7. The van der Waals surface area contributed by atoms with Gasteiger partial charge in [-0.1, -0.05) is 18.2 Å². The van der Waals surface area contributed by atoms with Gasteiger partial charge >= 0.3 is 0 Å². The lowest BCUT2D eigenvalue weighted by molar-refractivity contribution is 0.281. The van der Waals surface area contributed by atoms with Crippen LogP contribution in [0.2, 0.25) is 0 Å². The topological polar surface area (TPSA) is 59.1 Å². The third-order valence-electron chi connectivity index (χ3n) is 2.19. The van der Waals surface area contributed by atoms with Crippen molar-refractivity contribution in [2.45, 2.75) is 6.61 Å². The minimum Gasteiger partial charge on any atom is -0.399 e. The first-order chi connectivity index (χ1) is 7.29. The fourth-order valence-corrected chi connectivity index (χ4v) is 1.39. The maximum absolute atomic E-state index is 8.88. The van der Waals surface area contributed by atoms with Crippen molar-refractivity contribution in [1.82, 2.24) is 4.98 Å². The Morgan fingerprint density at radius 1 is 1.20 bits per heavy atom. The molecule has 3 nitrogen and oxygen atoms in total. The van der Waals surface area contributed by atoms with Crippen LogP contribution in [0, 0.1) is 0 Å². The minimum atomic E-state index is 0.0181. The van der Waals surface area contributed by atoms with Crippen molar-refractivity contribution in [3.63, 3.8) is 0 Å². The first-order valence-corrected chi connectivity index (χ1v) is 4.71. The molecule has 15 heavy (non-hydrogen) atoms. The molecule has 0 saturated carbocycles. The highest BCUT2D eigenvalue weighted by atomic mass is 16.3. The van der Waals surface area contributed by atoms with Crippen LogP contribution in [0.1, 0.15) is 5.56 Å². The Morgan fingerprint density at radius 2 is 2.07 bits per heavy atom. The number of anilines is 1. The molecular weight excluding hydrogens is 188 g/mol. The Morgan fingerprint density at radius 3 is 2.67 bits per heavy atom. The molecule has 0 atom stereocenters. The van der Waals surface area contributed by atoms with Crippen molar-refractivity contribution in [3.8, 4) is 11.3 Å². The second kappa shape index (κ2) is 4.11. The number of hydrogen-bond acceptors (Lipinski definition) is 3. The van der Waals surface area contributed by atoms with Gasteiger partial charge in [0, 0.05) is 17.4 Å². The van der Waals surface area contributed by atoms with E-state index in [-0.39, 0.29) is 6.61 Å². The Labute approximate surface area is 88.2 Å². The van der Waals surface area contributed by atoms with Gasteiger partial charge in [0.1, 0.15) is 0 Å². The molecule has 0 aliphatic rings. The van der Waals surface area contributed by atoms with Crippen LogP contribution < -0.4 is 5.73 Å². The number of pyridine rings is 1. The molecule has 0 aliphatic heterocycles. The van der Waals surface area contributed by atoms with Gasteiger partial charge in [-0.2, -0.15) is 0 Å². The highest BCUT2D eigenvalue weighted by Crippen LogP contribution is 2.19. The van der Waals surface area contributed by atoms with Crippen LogP contribution in [-0.2, 0) is 6.61 Å². The summed E-state index contributed by atoms with van der Waals surface area (Å²) < 4.78 is 0. The third kappa shape index (κ3) is 2.14. The van der Waals surface area contributed by atoms with E-state index in [9.17, 15) is 0 Å². The summed E-state index contributed by atoms with van der Waals surface area (Å²) in [6.45, 7) is 0.0181. The summed E-state index contributed by atoms with van der Waals surface area (Å²) in [5.41, 5.74) is 9.06. The summed E-state index contributed by atoms with van der Waals surface area (Å²) in [7, 11) is 0. The van der Waals surface area contributed by atoms with E-state index in [1.54, 1.807) is 6.20 Å². The molecule has 0 spiro atoms. The van der Waals surface area contributed by atoms with E-state index in [0.29, 0.717) is 0 Å². The molecule has 1 aromatic heterocycles. The van der Waals surface area contributed by atoms with Crippen molar-refractivity contribution >= 4 is 5.69 Å². The predicted molar refractivity (Wildman–Crippen MR) is 60.0 cm³/mol. The summed E-state index contributed by atoms with van der Waals surface area (Å²) in [5, 5.41) is 8.88. The second-order valence-corrected chi connectivity index (χ2v) is 3.34. The lowest BCUT2D eigenvalue weighted by Gasteiger charge is -2.02. The Hall–Kier alpha value is -1.87. The average Bonchev–Trinajstić information content (AvgIpc) is 2.29. The fraction of sp³-hybridized carbons (Fsp3) is 0.0833. The first-order valence-electron chi connectivity index (χ1n) is 4.71. The van der Waals surface area contributed by atoms with Crippen LogP contribution in [0.4, 0.5) is 5.69 Å². The minimum absolute atomic E-state index is 0.0181. The Bertz CT molecular complexity index is 451. The zero-order valence-corrected chi connectivity index (χ0v) is 8.22. The van der Waals surface area contributed by atoms with Gasteiger partial charge in [-0.05, 0) is 23.8 Å². The Kier molecular flexibility index (Phi) is 2.65. The standard InChI is InChI=1S/C12H12N2O/c13-11-3-1-2-10(6-11)12-5-4-9(8-15)7-14-12/h1-7,15H,8,13H2. The number of hydrogen-bond donors (Lipinski definition) is 2. The average molecular weight is 200 g/mol. The molecule has 0 saturated heterocycles. The van der Waals surface area contributed by atoms with Crippen LogP contribution >= 0.6 is 0 Å². The number of aliphatic hydroxyl groups is 1. The molecule has 0 fully saturated rings. The van der Waals surface area contributed by atoms with Gasteiger partial charge in [0.25, 0.3) is 0 Å². The van der Waals surface area contributed by atoms with Gasteiger partial charge in [0.05, 0.1) is 12.3 Å². The van der Waals surface area contributed by atoms with Crippen LogP contribution in [0.25, 0.3) is 11.3 Å². The van der Waals surface area contributed by atoms with E-state index in [4.69, 9.17) is 10.8 Å². The molecule has 2 aromatic rings. The molecular formula is C12H12N2O. The zero-order valence-electron chi connectivity index (χ0n) is 8.22. The monoisotopic (exact) mass is 200 g/mol. The summed E-state index contributed by atoms with van der Waals surface area (Å²) in [5.74, 6) is 0. The van der Waals surface area contributed by atoms with E-state index in [2.05, 4.69) is 4.98 Å². The summed E-state index contributed by atoms with van der Waals surface area (Å²) in [6, 6.07) is 11.3. The first kappa shape index (κ1) is 9.68. The number of aliphatic hydroxyl groups excluding tert-OH is 1. The van der Waals surface area contributed by atoms with Gasteiger partial charge in [-0.15, -0.1) is 0 Å². The van der Waals surface area contributed by atoms with Crippen LogP contribution in [0.15, 0.2) is 42.6 Å². The van der Waals surface area contributed by atoms with E-state index in [1.807, 2.05) is 36.4 Å². The molecule has 3 heteroatoms. The summed E-state index contributed by atoms with van der Waals surface area (Å²) in [6.07, 6.45) is 1.67. The lowest BCUT2D eigenvalue weighted by Crippen LogP contribution is -1.89. The normalized spacial score (nSPS) is 10.2. The van der Waals surface area contributed by atoms with Crippen LogP contribution in [-0.4, -0.2) is 10.1 Å². The molecule has 2 rings (SSSR count).